The number of anilines is 2. The number of nitrogens with one attached hydrogen (secondary N) is 2. The minimum atomic E-state index is -0.535. The van der Waals surface area contributed by atoms with E-state index in [-0.39, 0.29) is 30.1 Å². The summed E-state index contributed by atoms with van der Waals surface area (Å²) in [6.07, 6.45) is -0.297. The third-order valence-corrected chi connectivity index (χ3v) is 4.14. The van der Waals surface area contributed by atoms with Crippen molar-refractivity contribution in [2.24, 2.45) is 5.92 Å². The lowest BCUT2D eigenvalue weighted by atomic mass is 10.1. The smallest absolute Gasteiger partial charge is 0.265 e. The standard InChI is InChI=1S/C16H19N3O4/c1-3-19-8-10(6-14(19)20)16(22)17-11-4-5-13-12(7-11)18-15(21)9(2)23-13/h4-5,7,9-10H,3,6,8H2,1-2H3,(H,17,22)(H,18,21)/t9-,10-/m0/s1. The predicted octanol–water partition coefficient (Wildman–Crippen LogP) is 1.21. The van der Waals surface area contributed by atoms with Gasteiger partial charge in [0.25, 0.3) is 5.91 Å². The van der Waals surface area contributed by atoms with Crippen LogP contribution in [0.4, 0.5) is 11.4 Å². The van der Waals surface area contributed by atoms with Gasteiger partial charge in [-0.25, -0.2) is 0 Å². The van der Waals surface area contributed by atoms with Gasteiger partial charge in [-0.1, -0.05) is 0 Å². The summed E-state index contributed by atoms with van der Waals surface area (Å²) in [6.45, 7) is 4.63. The average Bonchev–Trinajstić information content (AvgIpc) is 2.90. The Balaban J connectivity index is 1.69. The van der Waals surface area contributed by atoms with Gasteiger partial charge in [0.2, 0.25) is 11.8 Å². The summed E-state index contributed by atoms with van der Waals surface area (Å²) in [6, 6.07) is 5.08. The maximum atomic E-state index is 12.3. The summed E-state index contributed by atoms with van der Waals surface area (Å²) in [5.41, 5.74) is 1.10. The van der Waals surface area contributed by atoms with Gasteiger partial charge < -0.3 is 20.3 Å². The molecule has 2 heterocycles. The van der Waals surface area contributed by atoms with E-state index in [4.69, 9.17) is 4.74 Å². The minimum absolute atomic E-state index is 0.00717. The van der Waals surface area contributed by atoms with Crippen molar-refractivity contribution in [3.63, 3.8) is 0 Å². The number of fused-ring (bicyclic) bond motifs is 1. The Morgan fingerprint density at radius 1 is 1.43 bits per heavy atom. The van der Waals surface area contributed by atoms with Crippen molar-refractivity contribution >= 4 is 29.1 Å². The van der Waals surface area contributed by atoms with Crippen molar-refractivity contribution in [2.45, 2.75) is 26.4 Å². The van der Waals surface area contributed by atoms with Crippen molar-refractivity contribution in [3.8, 4) is 5.75 Å². The Labute approximate surface area is 134 Å². The highest BCUT2D eigenvalue weighted by Crippen LogP contribution is 2.32. The molecular weight excluding hydrogens is 298 g/mol. The van der Waals surface area contributed by atoms with E-state index in [0.29, 0.717) is 30.2 Å². The van der Waals surface area contributed by atoms with Crippen LogP contribution in [-0.2, 0) is 14.4 Å². The molecule has 122 valence electrons. The normalized spacial score (nSPS) is 23.1. The Morgan fingerprint density at radius 3 is 2.91 bits per heavy atom. The van der Waals surface area contributed by atoms with Gasteiger partial charge in [0.05, 0.1) is 11.6 Å². The fourth-order valence-electron chi connectivity index (χ4n) is 2.78. The first-order chi connectivity index (χ1) is 11.0. The van der Waals surface area contributed by atoms with Crippen LogP contribution in [-0.4, -0.2) is 41.8 Å². The second-order valence-corrected chi connectivity index (χ2v) is 5.78. The zero-order valence-corrected chi connectivity index (χ0v) is 13.1. The van der Waals surface area contributed by atoms with E-state index < -0.39 is 6.10 Å². The lowest BCUT2D eigenvalue weighted by molar-refractivity contribution is -0.128. The molecule has 3 amide bonds. The molecule has 0 saturated carbocycles. The Hall–Kier alpha value is -2.57. The number of carbonyl (C=O) groups excluding carboxylic acids is 3. The second-order valence-electron chi connectivity index (χ2n) is 5.78. The average molecular weight is 317 g/mol. The first kappa shape index (κ1) is 15.3. The summed E-state index contributed by atoms with van der Waals surface area (Å²) in [7, 11) is 0. The number of hydrogen-bond donors (Lipinski definition) is 2. The third kappa shape index (κ3) is 2.99. The lowest BCUT2D eigenvalue weighted by Gasteiger charge is -2.23. The molecule has 2 aliphatic rings. The summed E-state index contributed by atoms with van der Waals surface area (Å²) >= 11 is 0. The van der Waals surface area contributed by atoms with Gasteiger partial charge in [-0.3, -0.25) is 14.4 Å². The first-order valence-electron chi connectivity index (χ1n) is 7.68. The van der Waals surface area contributed by atoms with Gasteiger partial charge in [-0.15, -0.1) is 0 Å². The van der Waals surface area contributed by atoms with Crippen molar-refractivity contribution in [1.82, 2.24) is 4.90 Å². The molecule has 0 unspecified atom stereocenters. The molecule has 0 bridgehead atoms. The highest BCUT2D eigenvalue weighted by atomic mass is 16.5. The predicted molar refractivity (Wildman–Crippen MR) is 84.2 cm³/mol. The minimum Gasteiger partial charge on any atom is -0.479 e. The number of hydrogen-bond acceptors (Lipinski definition) is 4. The van der Waals surface area contributed by atoms with Crippen LogP contribution in [0, 0.1) is 5.92 Å². The second kappa shape index (κ2) is 5.91. The molecule has 2 aliphatic heterocycles. The summed E-state index contributed by atoms with van der Waals surface area (Å²) < 4.78 is 5.47. The van der Waals surface area contributed by atoms with Gasteiger partial charge in [-0.2, -0.15) is 0 Å². The maximum absolute atomic E-state index is 12.3. The van der Waals surface area contributed by atoms with Gasteiger partial charge in [0.15, 0.2) is 6.10 Å². The molecule has 23 heavy (non-hydrogen) atoms. The van der Waals surface area contributed by atoms with Crippen LogP contribution >= 0.6 is 0 Å². The van der Waals surface area contributed by atoms with Gasteiger partial charge in [0.1, 0.15) is 5.75 Å². The topological polar surface area (TPSA) is 87.7 Å². The first-order valence-corrected chi connectivity index (χ1v) is 7.68. The lowest BCUT2D eigenvalue weighted by Crippen LogP contribution is -2.34. The van der Waals surface area contributed by atoms with E-state index in [2.05, 4.69) is 10.6 Å². The Morgan fingerprint density at radius 2 is 2.22 bits per heavy atom. The molecule has 0 spiro atoms. The van der Waals surface area contributed by atoms with Crippen LogP contribution in [0.3, 0.4) is 0 Å². The van der Waals surface area contributed by atoms with Gasteiger partial charge in [-0.05, 0) is 32.0 Å². The van der Waals surface area contributed by atoms with Gasteiger partial charge >= 0.3 is 0 Å². The summed E-state index contributed by atoms with van der Waals surface area (Å²) in [4.78, 5) is 37.3. The van der Waals surface area contributed by atoms with Gasteiger partial charge in [0, 0.05) is 25.2 Å². The highest BCUT2D eigenvalue weighted by Gasteiger charge is 2.33. The summed E-state index contributed by atoms with van der Waals surface area (Å²) in [5, 5.41) is 5.54. The SMILES string of the molecule is CCN1C[C@@H](C(=O)Nc2ccc3c(c2)NC(=O)[C@H](C)O3)CC1=O. The van der Waals surface area contributed by atoms with E-state index >= 15 is 0 Å². The molecule has 1 saturated heterocycles. The number of benzene rings is 1. The largest absolute Gasteiger partial charge is 0.479 e. The molecule has 1 aromatic rings. The Kier molecular flexibility index (Phi) is 3.94. The molecule has 1 aromatic carbocycles. The molecule has 3 rings (SSSR count). The van der Waals surface area contributed by atoms with E-state index in [1.54, 1.807) is 30.0 Å². The van der Waals surface area contributed by atoms with Crippen molar-refractivity contribution in [1.29, 1.82) is 0 Å². The van der Waals surface area contributed by atoms with Crippen LogP contribution in [0.25, 0.3) is 0 Å². The molecular formula is C16H19N3O4. The number of likely N-dealkylation sites (tertiary alicyclic amines) is 1. The molecule has 7 nitrogen and oxygen atoms in total. The van der Waals surface area contributed by atoms with E-state index in [0.717, 1.165) is 0 Å². The van der Waals surface area contributed by atoms with Crippen molar-refractivity contribution in [3.05, 3.63) is 18.2 Å². The fraction of sp³-hybridized carbons (Fsp3) is 0.438. The number of ether oxygens (including phenoxy) is 1. The number of amides is 3. The number of carbonyl (C=O) groups is 3. The molecule has 0 radical (unpaired) electrons. The number of rotatable bonds is 3. The van der Waals surface area contributed by atoms with E-state index in [9.17, 15) is 14.4 Å². The Bertz CT molecular complexity index is 673. The van der Waals surface area contributed by atoms with Crippen molar-refractivity contribution in [2.75, 3.05) is 23.7 Å². The summed E-state index contributed by atoms with van der Waals surface area (Å²) in [5.74, 6) is -0.174. The zero-order chi connectivity index (χ0) is 16.6. The quantitative estimate of drug-likeness (QED) is 0.877. The highest BCUT2D eigenvalue weighted by molar-refractivity contribution is 6.00. The molecule has 1 fully saturated rings. The fourth-order valence-corrected chi connectivity index (χ4v) is 2.78. The monoisotopic (exact) mass is 317 g/mol. The van der Waals surface area contributed by atoms with E-state index in [1.165, 1.54) is 0 Å². The van der Waals surface area contributed by atoms with Crippen LogP contribution < -0.4 is 15.4 Å². The van der Waals surface area contributed by atoms with Crippen LogP contribution in [0.2, 0.25) is 0 Å². The van der Waals surface area contributed by atoms with E-state index in [1.807, 2.05) is 6.92 Å². The van der Waals surface area contributed by atoms with Crippen LogP contribution in [0.1, 0.15) is 20.3 Å². The molecule has 2 atom stereocenters. The molecule has 0 aromatic heterocycles. The third-order valence-electron chi connectivity index (χ3n) is 4.14. The van der Waals surface area contributed by atoms with Crippen molar-refractivity contribution < 1.29 is 19.1 Å². The van der Waals surface area contributed by atoms with Crippen LogP contribution in [0.5, 0.6) is 5.75 Å². The molecule has 0 aliphatic carbocycles. The number of nitrogens with zero attached hydrogens (tertiary/aromatic N) is 1. The maximum Gasteiger partial charge on any atom is 0.265 e. The molecule has 7 heteroatoms. The van der Waals surface area contributed by atoms with Crippen LogP contribution in [0.15, 0.2) is 18.2 Å². The molecule has 2 N–H and O–H groups in total. The zero-order valence-electron chi connectivity index (χ0n) is 13.1.